The van der Waals surface area contributed by atoms with Crippen LogP contribution in [0.2, 0.25) is 0 Å². The summed E-state index contributed by atoms with van der Waals surface area (Å²) in [5, 5.41) is 0. The van der Waals surface area contributed by atoms with Gasteiger partial charge in [0.05, 0.1) is 11.4 Å². The van der Waals surface area contributed by atoms with Crippen LogP contribution in [-0.4, -0.2) is 51.8 Å². The van der Waals surface area contributed by atoms with Crippen molar-refractivity contribution in [1.29, 1.82) is 0 Å². The molecular formula is C13H19ClF3N3O4S. The van der Waals surface area contributed by atoms with Gasteiger partial charge in [-0.05, 0) is 31.2 Å². The number of sulfonamides is 1. The quantitative estimate of drug-likeness (QED) is 0.707. The summed E-state index contributed by atoms with van der Waals surface area (Å²) >= 11 is 0. The number of halogens is 4. The summed E-state index contributed by atoms with van der Waals surface area (Å²) in [4.78, 5) is 12.8. The summed E-state index contributed by atoms with van der Waals surface area (Å²) in [6, 6.07) is 3.36. The van der Waals surface area contributed by atoms with Gasteiger partial charge in [-0.15, -0.1) is 25.6 Å². The normalized spacial score (nSPS) is 12.9. The largest absolute Gasteiger partial charge is 0.573 e. The fourth-order valence-electron chi connectivity index (χ4n) is 1.59. The van der Waals surface area contributed by atoms with Gasteiger partial charge in [0.2, 0.25) is 15.9 Å². The summed E-state index contributed by atoms with van der Waals surface area (Å²) in [5.41, 5.74) is 5.42. The molecule has 1 aromatic rings. The molecule has 0 saturated carbocycles. The Kier molecular flexibility index (Phi) is 8.65. The van der Waals surface area contributed by atoms with Gasteiger partial charge in [0.15, 0.2) is 0 Å². The first-order chi connectivity index (χ1) is 11.0. The number of benzene rings is 1. The Morgan fingerprint density at radius 3 is 2.28 bits per heavy atom. The number of ether oxygens (including phenoxy) is 1. The molecule has 25 heavy (non-hydrogen) atoms. The Morgan fingerprint density at radius 2 is 1.84 bits per heavy atom. The Morgan fingerprint density at radius 1 is 1.32 bits per heavy atom. The third-order valence-electron chi connectivity index (χ3n) is 3.18. The minimum absolute atomic E-state index is 0. The molecule has 144 valence electrons. The SMILES string of the molecule is CC(CN)N(C)C(=O)CNS(=O)(=O)c1ccc(OC(F)(F)F)cc1.Cl. The van der Waals surface area contributed by atoms with Crippen LogP contribution in [0.1, 0.15) is 6.92 Å². The fraction of sp³-hybridized carbons (Fsp3) is 0.462. The predicted molar refractivity (Wildman–Crippen MR) is 86.8 cm³/mol. The zero-order chi connectivity index (χ0) is 18.5. The zero-order valence-corrected chi connectivity index (χ0v) is 15.0. The molecule has 1 amide bonds. The number of hydrogen-bond donors (Lipinski definition) is 2. The fourth-order valence-corrected chi connectivity index (χ4v) is 2.56. The number of nitrogens with two attached hydrogens (primary N) is 1. The number of nitrogens with one attached hydrogen (secondary N) is 1. The molecule has 1 unspecified atom stereocenters. The lowest BCUT2D eigenvalue weighted by Gasteiger charge is -2.23. The Bertz CT molecular complexity index is 668. The lowest BCUT2D eigenvalue weighted by molar-refractivity contribution is -0.274. The summed E-state index contributed by atoms with van der Waals surface area (Å²) in [6.45, 7) is 1.42. The number of likely N-dealkylation sites (N-methyl/N-ethyl adjacent to an activating group) is 1. The molecule has 0 aliphatic carbocycles. The van der Waals surface area contributed by atoms with Crippen molar-refractivity contribution >= 4 is 28.3 Å². The number of hydrogen-bond acceptors (Lipinski definition) is 5. The van der Waals surface area contributed by atoms with Crippen LogP contribution in [0.3, 0.4) is 0 Å². The van der Waals surface area contributed by atoms with E-state index in [2.05, 4.69) is 9.46 Å². The first-order valence-corrected chi connectivity index (χ1v) is 8.26. The molecule has 0 heterocycles. The molecule has 1 aromatic carbocycles. The van der Waals surface area contributed by atoms with Crippen LogP contribution >= 0.6 is 12.4 Å². The van der Waals surface area contributed by atoms with E-state index in [1.165, 1.54) is 11.9 Å². The highest BCUT2D eigenvalue weighted by atomic mass is 35.5. The molecular weight excluding hydrogens is 387 g/mol. The summed E-state index contributed by atoms with van der Waals surface area (Å²) in [6.07, 6.45) is -4.87. The second-order valence-electron chi connectivity index (χ2n) is 4.93. The average molecular weight is 406 g/mol. The predicted octanol–water partition coefficient (Wildman–Crippen LogP) is 1.09. The first-order valence-electron chi connectivity index (χ1n) is 6.77. The van der Waals surface area contributed by atoms with E-state index in [1.54, 1.807) is 6.92 Å². The van der Waals surface area contributed by atoms with Crippen LogP contribution < -0.4 is 15.2 Å². The highest BCUT2D eigenvalue weighted by Crippen LogP contribution is 2.23. The van der Waals surface area contributed by atoms with Gasteiger partial charge in [0.25, 0.3) is 0 Å². The number of nitrogens with zero attached hydrogens (tertiary/aromatic N) is 1. The minimum atomic E-state index is -4.87. The second kappa shape index (κ2) is 9.22. The van der Waals surface area contributed by atoms with Crippen LogP contribution in [0.25, 0.3) is 0 Å². The van der Waals surface area contributed by atoms with Crippen LogP contribution in [0.4, 0.5) is 13.2 Å². The number of carbonyl (C=O) groups excluding carboxylic acids is 1. The average Bonchev–Trinajstić information content (AvgIpc) is 2.50. The van der Waals surface area contributed by atoms with Gasteiger partial charge < -0.3 is 15.4 Å². The summed E-state index contributed by atoms with van der Waals surface area (Å²) in [5.74, 6) is -1.04. The molecule has 0 aliphatic rings. The molecule has 0 bridgehead atoms. The monoisotopic (exact) mass is 405 g/mol. The van der Waals surface area contributed by atoms with Crippen LogP contribution in [0.15, 0.2) is 29.2 Å². The molecule has 0 spiro atoms. The van der Waals surface area contributed by atoms with Crippen molar-refractivity contribution in [2.75, 3.05) is 20.1 Å². The molecule has 0 aliphatic heterocycles. The minimum Gasteiger partial charge on any atom is -0.406 e. The van der Waals surface area contributed by atoms with Crippen LogP contribution in [-0.2, 0) is 14.8 Å². The Balaban J connectivity index is 0.00000576. The topological polar surface area (TPSA) is 102 Å². The molecule has 0 saturated heterocycles. The van der Waals surface area contributed by atoms with E-state index in [0.29, 0.717) is 0 Å². The van der Waals surface area contributed by atoms with E-state index in [-0.39, 0.29) is 29.9 Å². The summed E-state index contributed by atoms with van der Waals surface area (Å²) in [7, 11) is -2.56. The molecule has 0 fully saturated rings. The Labute approximate surface area is 149 Å². The van der Waals surface area contributed by atoms with Gasteiger partial charge in [-0.1, -0.05) is 0 Å². The third-order valence-corrected chi connectivity index (χ3v) is 4.59. The first kappa shape index (κ1) is 23.4. The van der Waals surface area contributed by atoms with Crippen molar-refractivity contribution in [3.05, 3.63) is 24.3 Å². The van der Waals surface area contributed by atoms with Gasteiger partial charge in [0, 0.05) is 19.6 Å². The van der Waals surface area contributed by atoms with Crippen molar-refractivity contribution in [3.63, 3.8) is 0 Å². The van der Waals surface area contributed by atoms with E-state index < -0.39 is 34.6 Å². The third kappa shape index (κ3) is 7.46. The lowest BCUT2D eigenvalue weighted by Crippen LogP contribution is -2.44. The number of alkyl halides is 3. The second-order valence-corrected chi connectivity index (χ2v) is 6.70. The van der Waals surface area contributed by atoms with Gasteiger partial charge in [-0.25, -0.2) is 13.1 Å². The maximum absolute atomic E-state index is 12.1. The zero-order valence-electron chi connectivity index (χ0n) is 13.4. The van der Waals surface area contributed by atoms with Gasteiger partial charge >= 0.3 is 6.36 Å². The van der Waals surface area contributed by atoms with Crippen LogP contribution in [0.5, 0.6) is 5.75 Å². The van der Waals surface area contributed by atoms with E-state index in [1.807, 2.05) is 0 Å². The van der Waals surface area contributed by atoms with Crippen molar-refractivity contribution in [2.45, 2.75) is 24.2 Å². The maximum Gasteiger partial charge on any atom is 0.573 e. The lowest BCUT2D eigenvalue weighted by atomic mass is 10.3. The van der Waals surface area contributed by atoms with Crippen LogP contribution in [0, 0.1) is 0 Å². The molecule has 1 rings (SSSR count). The molecule has 12 heteroatoms. The standard InChI is InChI=1S/C13H18F3N3O4S.ClH/c1-9(7-17)19(2)12(20)8-18-24(21,22)11-5-3-10(4-6-11)23-13(14,15)16;/h3-6,9,18H,7-8,17H2,1-2H3;1H. The number of rotatable bonds is 7. The van der Waals surface area contributed by atoms with E-state index in [4.69, 9.17) is 5.73 Å². The number of amides is 1. The highest BCUT2D eigenvalue weighted by Gasteiger charge is 2.31. The molecule has 3 N–H and O–H groups in total. The van der Waals surface area contributed by atoms with Gasteiger partial charge in [0.1, 0.15) is 5.75 Å². The van der Waals surface area contributed by atoms with Crippen molar-refractivity contribution in [1.82, 2.24) is 9.62 Å². The highest BCUT2D eigenvalue weighted by molar-refractivity contribution is 7.89. The van der Waals surface area contributed by atoms with Crippen molar-refractivity contribution in [2.24, 2.45) is 5.73 Å². The van der Waals surface area contributed by atoms with Gasteiger partial charge in [-0.2, -0.15) is 0 Å². The molecule has 7 nitrogen and oxygen atoms in total. The van der Waals surface area contributed by atoms with Crippen molar-refractivity contribution < 1.29 is 31.1 Å². The van der Waals surface area contributed by atoms with E-state index >= 15 is 0 Å². The smallest absolute Gasteiger partial charge is 0.406 e. The molecule has 1 atom stereocenters. The maximum atomic E-state index is 12.1. The van der Waals surface area contributed by atoms with Gasteiger partial charge in [-0.3, -0.25) is 4.79 Å². The molecule has 0 radical (unpaired) electrons. The summed E-state index contributed by atoms with van der Waals surface area (Å²) < 4.78 is 65.9. The Hall–Kier alpha value is -1.56. The molecule has 0 aromatic heterocycles. The van der Waals surface area contributed by atoms with E-state index in [0.717, 1.165) is 24.3 Å². The van der Waals surface area contributed by atoms with E-state index in [9.17, 15) is 26.4 Å². The number of carbonyl (C=O) groups is 1. The van der Waals surface area contributed by atoms with Crippen molar-refractivity contribution in [3.8, 4) is 5.75 Å².